The number of para-hydroxylation sites is 1. The molecule has 0 spiro atoms. The molecule has 2 aromatic carbocycles. The van der Waals surface area contributed by atoms with Crippen LogP contribution >= 0.6 is 0 Å². The van der Waals surface area contributed by atoms with Crippen LogP contribution in [-0.4, -0.2) is 34.2 Å². The molecule has 0 unspecified atom stereocenters. The zero-order valence-electron chi connectivity index (χ0n) is 17.6. The number of amides is 1. The van der Waals surface area contributed by atoms with Gasteiger partial charge in [0.1, 0.15) is 28.5 Å². The highest BCUT2D eigenvalue weighted by atomic mass is 19.1. The number of halogens is 1. The first-order valence-corrected chi connectivity index (χ1v) is 10.0. The molecule has 0 radical (unpaired) electrons. The van der Waals surface area contributed by atoms with Crippen LogP contribution in [0.15, 0.2) is 53.1 Å². The molecule has 1 N–H and O–H groups in total. The Kier molecular flexibility index (Phi) is 6.25. The molecule has 9 heteroatoms. The lowest BCUT2D eigenvalue weighted by Crippen LogP contribution is -2.28. The van der Waals surface area contributed by atoms with E-state index in [2.05, 4.69) is 20.4 Å². The highest BCUT2D eigenvalue weighted by Gasteiger charge is 2.20. The SMILES string of the molecule is CCOc1ccccc1CNC(=O)COc1nc(C)nc2onc(-c3ccc(F)cc3)c12. The van der Waals surface area contributed by atoms with E-state index in [9.17, 15) is 9.18 Å². The quantitative estimate of drug-likeness (QED) is 0.448. The first-order chi connectivity index (χ1) is 15.5. The molecule has 0 saturated carbocycles. The highest BCUT2D eigenvalue weighted by Crippen LogP contribution is 2.33. The number of fused-ring (bicyclic) bond motifs is 1. The van der Waals surface area contributed by atoms with Crippen LogP contribution < -0.4 is 14.8 Å². The molecule has 8 nitrogen and oxygen atoms in total. The van der Waals surface area contributed by atoms with Gasteiger partial charge in [-0.2, -0.15) is 9.97 Å². The summed E-state index contributed by atoms with van der Waals surface area (Å²) in [6, 6.07) is 13.3. The van der Waals surface area contributed by atoms with Crippen LogP contribution in [0.5, 0.6) is 11.6 Å². The van der Waals surface area contributed by atoms with Crippen LogP contribution in [0.2, 0.25) is 0 Å². The minimum atomic E-state index is -0.368. The number of nitrogens with one attached hydrogen (secondary N) is 1. The number of carbonyl (C=O) groups is 1. The van der Waals surface area contributed by atoms with Gasteiger partial charge < -0.3 is 19.3 Å². The maximum absolute atomic E-state index is 13.3. The topological polar surface area (TPSA) is 99.4 Å². The van der Waals surface area contributed by atoms with E-state index in [4.69, 9.17) is 14.0 Å². The summed E-state index contributed by atoms with van der Waals surface area (Å²) in [7, 11) is 0. The summed E-state index contributed by atoms with van der Waals surface area (Å²) in [6.45, 7) is 4.14. The van der Waals surface area contributed by atoms with Gasteiger partial charge in [0, 0.05) is 17.7 Å². The fourth-order valence-electron chi connectivity index (χ4n) is 3.16. The largest absolute Gasteiger partial charge is 0.494 e. The highest BCUT2D eigenvalue weighted by molar-refractivity contribution is 5.93. The van der Waals surface area contributed by atoms with Crippen molar-refractivity contribution in [3.63, 3.8) is 0 Å². The van der Waals surface area contributed by atoms with Crippen molar-refractivity contribution < 1.29 is 23.2 Å². The average Bonchev–Trinajstić information content (AvgIpc) is 3.21. The van der Waals surface area contributed by atoms with E-state index in [1.165, 1.54) is 12.1 Å². The molecule has 0 aliphatic carbocycles. The molecule has 1 amide bonds. The van der Waals surface area contributed by atoms with Gasteiger partial charge in [-0.05, 0) is 44.2 Å². The number of hydrogen-bond donors (Lipinski definition) is 1. The molecule has 164 valence electrons. The van der Waals surface area contributed by atoms with Gasteiger partial charge in [-0.1, -0.05) is 23.4 Å². The maximum atomic E-state index is 13.3. The third-order valence-corrected chi connectivity index (χ3v) is 4.62. The molecule has 0 aliphatic rings. The molecule has 0 saturated heterocycles. The molecule has 2 heterocycles. The Morgan fingerprint density at radius 3 is 2.66 bits per heavy atom. The number of aryl methyl sites for hydroxylation is 1. The molecule has 2 aromatic heterocycles. The summed E-state index contributed by atoms with van der Waals surface area (Å²) in [5, 5.41) is 7.26. The van der Waals surface area contributed by atoms with Gasteiger partial charge in [-0.15, -0.1) is 0 Å². The van der Waals surface area contributed by atoms with Crippen molar-refractivity contribution in [3.05, 3.63) is 65.7 Å². The molecular formula is C23H21FN4O4. The van der Waals surface area contributed by atoms with E-state index in [1.807, 2.05) is 31.2 Å². The Morgan fingerprint density at radius 1 is 1.09 bits per heavy atom. The van der Waals surface area contributed by atoms with E-state index in [1.54, 1.807) is 19.1 Å². The first-order valence-electron chi connectivity index (χ1n) is 10.0. The van der Waals surface area contributed by atoms with Crippen LogP contribution in [0.4, 0.5) is 4.39 Å². The Bertz CT molecular complexity index is 1240. The van der Waals surface area contributed by atoms with Crippen LogP contribution in [0.3, 0.4) is 0 Å². The van der Waals surface area contributed by atoms with E-state index in [0.29, 0.717) is 35.6 Å². The van der Waals surface area contributed by atoms with Gasteiger partial charge in [-0.25, -0.2) is 4.39 Å². The first kappa shape index (κ1) is 21.2. The smallest absolute Gasteiger partial charge is 0.265 e. The molecule has 0 bridgehead atoms. The van der Waals surface area contributed by atoms with Crippen molar-refractivity contribution in [1.29, 1.82) is 0 Å². The molecular weight excluding hydrogens is 415 g/mol. The van der Waals surface area contributed by atoms with E-state index in [0.717, 1.165) is 11.3 Å². The number of ether oxygens (including phenoxy) is 2. The molecule has 0 aliphatic heterocycles. The third-order valence-electron chi connectivity index (χ3n) is 4.62. The van der Waals surface area contributed by atoms with Crippen molar-refractivity contribution in [2.45, 2.75) is 20.4 Å². The monoisotopic (exact) mass is 436 g/mol. The van der Waals surface area contributed by atoms with Gasteiger partial charge in [0.05, 0.1) is 6.61 Å². The second-order valence-corrected chi connectivity index (χ2v) is 6.90. The van der Waals surface area contributed by atoms with Gasteiger partial charge in [0.2, 0.25) is 5.88 Å². The zero-order valence-corrected chi connectivity index (χ0v) is 17.6. The standard InChI is InChI=1S/C23H21FN4O4/c1-3-30-18-7-5-4-6-16(18)12-25-19(29)13-31-22-20-21(15-8-10-17(24)11-9-15)28-32-23(20)27-14(2)26-22/h4-11H,3,12-13H2,1-2H3,(H,25,29). The van der Waals surface area contributed by atoms with Gasteiger partial charge in [-0.3, -0.25) is 4.79 Å². The summed E-state index contributed by atoms with van der Waals surface area (Å²) in [5.41, 5.74) is 2.10. The minimum absolute atomic E-state index is 0.165. The predicted octanol–water partition coefficient (Wildman–Crippen LogP) is 3.83. The van der Waals surface area contributed by atoms with E-state index < -0.39 is 0 Å². The fourth-order valence-corrected chi connectivity index (χ4v) is 3.16. The molecule has 0 fully saturated rings. The van der Waals surface area contributed by atoms with Crippen LogP contribution in [0.1, 0.15) is 18.3 Å². The third kappa shape index (κ3) is 4.66. The van der Waals surface area contributed by atoms with E-state index in [-0.39, 0.29) is 29.9 Å². The number of hydrogen-bond acceptors (Lipinski definition) is 7. The summed E-state index contributed by atoms with van der Waals surface area (Å²) in [6.07, 6.45) is 0. The second kappa shape index (κ2) is 9.42. The van der Waals surface area contributed by atoms with Crippen LogP contribution in [0.25, 0.3) is 22.4 Å². The second-order valence-electron chi connectivity index (χ2n) is 6.90. The van der Waals surface area contributed by atoms with Gasteiger partial charge >= 0.3 is 0 Å². The van der Waals surface area contributed by atoms with Crippen molar-refractivity contribution >= 4 is 17.0 Å². The zero-order chi connectivity index (χ0) is 22.5. The number of nitrogens with zero attached hydrogens (tertiary/aromatic N) is 3. The van der Waals surface area contributed by atoms with Crippen LogP contribution in [-0.2, 0) is 11.3 Å². The lowest BCUT2D eigenvalue weighted by molar-refractivity contribution is -0.123. The molecule has 32 heavy (non-hydrogen) atoms. The summed E-state index contributed by atoms with van der Waals surface area (Å²) < 4.78 is 29.9. The number of aromatic nitrogens is 3. The lowest BCUT2D eigenvalue weighted by Gasteiger charge is -2.11. The van der Waals surface area contributed by atoms with Crippen molar-refractivity contribution in [2.24, 2.45) is 0 Å². The number of carbonyl (C=O) groups excluding carboxylic acids is 1. The Labute approximate surface area is 183 Å². The summed E-state index contributed by atoms with van der Waals surface area (Å²) in [5.74, 6) is 0.587. The Morgan fingerprint density at radius 2 is 1.88 bits per heavy atom. The Hall–Kier alpha value is -4.01. The molecule has 0 atom stereocenters. The van der Waals surface area contributed by atoms with Crippen LogP contribution in [0, 0.1) is 12.7 Å². The Balaban J connectivity index is 1.50. The summed E-state index contributed by atoms with van der Waals surface area (Å²) in [4.78, 5) is 20.9. The lowest BCUT2D eigenvalue weighted by atomic mass is 10.1. The maximum Gasteiger partial charge on any atom is 0.265 e. The fraction of sp³-hybridized carbons (Fsp3) is 0.217. The van der Waals surface area contributed by atoms with Gasteiger partial charge in [0.15, 0.2) is 6.61 Å². The van der Waals surface area contributed by atoms with Gasteiger partial charge in [0.25, 0.3) is 11.6 Å². The average molecular weight is 436 g/mol. The number of benzene rings is 2. The summed E-state index contributed by atoms with van der Waals surface area (Å²) >= 11 is 0. The minimum Gasteiger partial charge on any atom is -0.494 e. The predicted molar refractivity (Wildman–Crippen MR) is 115 cm³/mol. The molecule has 4 rings (SSSR count). The van der Waals surface area contributed by atoms with Crippen molar-refractivity contribution in [3.8, 4) is 22.9 Å². The van der Waals surface area contributed by atoms with Crippen molar-refractivity contribution in [1.82, 2.24) is 20.4 Å². The van der Waals surface area contributed by atoms with Crippen molar-refractivity contribution in [2.75, 3.05) is 13.2 Å². The molecule has 4 aromatic rings. The normalized spacial score (nSPS) is 10.8. The number of rotatable bonds is 8. The van der Waals surface area contributed by atoms with E-state index >= 15 is 0 Å².